The number of alkyl halides is 1. The Morgan fingerprint density at radius 3 is 2.85 bits per heavy atom. The number of hydrogen-bond acceptors (Lipinski definition) is 9. The average molecular weight is 651 g/mol. The Morgan fingerprint density at radius 2 is 1.93 bits per heavy atom. The van der Waals surface area contributed by atoms with E-state index in [-0.39, 0.29) is 35.6 Å². The van der Waals surface area contributed by atoms with Crippen LogP contribution in [-0.4, -0.2) is 84.2 Å². The van der Waals surface area contributed by atoms with E-state index < -0.39 is 17.5 Å². The van der Waals surface area contributed by atoms with Gasteiger partial charge >= 0.3 is 6.01 Å². The second kappa shape index (κ2) is 11.9. The summed E-state index contributed by atoms with van der Waals surface area (Å²) in [7, 11) is 0. The highest BCUT2D eigenvalue weighted by molar-refractivity contribution is 6.32. The largest absolute Gasteiger partial charge is 0.508 e. The number of aryl methyl sites for hydroxylation is 1. The number of fused-ring (bicyclic) bond motifs is 6. The van der Waals surface area contributed by atoms with Gasteiger partial charge in [0, 0.05) is 49.3 Å². The van der Waals surface area contributed by atoms with Crippen LogP contribution in [0.2, 0.25) is 5.02 Å². The van der Waals surface area contributed by atoms with Crippen molar-refractivity contribution in [1.82, 2.24) is 34.6 Å². The summed E-state index contributed by atoms with van der Waals surface area (Å²) >= 11 is 6.65. The van der Waals surface area contributed by atoms with E-state index in [0.29, 0.717) is 54.3 Å². The zero-order valence-electron chi connectivity index (χ0n) is 25.6. The quantitative estimate of drug-likeness (QED) is 0.292. The first-order valence-corrected chi connectivity index (χ1v) is 16.8. The summed E-state index contributed by atoms with van der Waals surface area (Å²) in [4.78, 5) is 23.0. The van der Waals surface area contributed by atoms with Crippen LogP contribution >= 0.6 is 11.6 Å². The van der Waals surface area contributed by atoms with Crippen LogP contribution in [0.4, 0.5) is 14.6 Å². The van der Waals surface area contributed by atoms with Gasteiger partial charge in [0.15, 0.2) is 11.6 Å². The van der Waals surface area contributed by atoms with Crippen molar-refractivity contribution in [1.29, 1.82) is 0 Å². The van der Waals surface area contributed by atoms with E-state index in [0.717, 1.165) is 69.3 Å². The van der Waals surface area contributed by atoms with Crippen molar-refractivity contribution in [3.63, 3.8) is 0 Å². The van der Waals surface area contributed by atoms with Crippen molar-refractivity contribution in [2.24, 2.45) is 0 Å². The molecule has 1 N–H and O–H groups in total. The van der Waals surface area contributed by atoms with Crippen molar-refractivity contribution in [3.8, 4) is 23.0 Å². The normalized spacial score (nSPS) is 25.1. The Labute approximate surface area is 270 Å². The second-order valence-electron chi connectivity index (χ2n) is 13.3. The lowest BCUT2D eigenvalue weighted by molar-refractivity contribution is 0.107. The average Bonchev–Trinajstić information content (AvgIpc) is 3.75. The third-order valence-corrected chi connectivity index (χ3v) is 10.6. The Kier molecular flexibility index (Phi) is 7.67. The number of ether oxygens (including phenoxy) is 1. The number of piperidine rings is 1. The number of phenols is 1. The molecule has 5 aliphatic rings. The number of hydrogen-bond donors (Lipinski definition) is 1. The Hall–Kier alpha value is -3.64. The van der Waals surface area contributed by atoms with Gasteiger partial charge < -0.3 is 14.7 Å². The fourth-order valence-electron chi connectivity index (χ4n) is 7.98. The molecule has 0 radical (unpaired) electrons. The lowest BCUT2D eigenvalue weighted by Gasteiger charge is -2.34. The molecule has 8 heterocycles. The molecule has 4 aromatic rings. The third kappa shape index (κ3) is 5.33. The summed E-state index contributed by atoms with van der Waals surface area (Å²) < 4.78 is 39.5. The van der Waals surface area contributed by atoms with Gasteiger partial charge in [-0.1, -0.05) is 18.0 Å². The minimum atomic E-state index is -0.894. The third-order valence-electron chi connectivity index (χ3n) is 10.3. The predicted octanol–water partition coefficient (Wildman–Crippen LogP) is 5.85. The molecule has 0 amide bonds. The molecule has 242 valence electrons. The van der Waals surface area contributed by atoms with E-state index in [4.69, 9.17) is 26.4 Å². The number of aromatic nitrogens is 6. The molecule has 13 heteroatoms. The lowest BCUT2D eigenvalue weighted by atomic mass is 9.95. The monoisotopic (exact) mass is 650 g/mol. The summed E-state index contributed by atoms with van der Waals surface area (Å²) in [5.74, 6) is 0.665. The summed E-state index contributed by atoms with van der Waals surface area (Å²) in [6.07, 6.45) is 10.6. The van der Waals surface area contributed by atoms with Crippen LogP contribution in [0.15, 0.2) is 24.7 Å². The topological polar surface area (TPSA) is 105 Å². The molecule has 5 aliphatic heterocycles. The minimum absolute atomic E-state index is 0.0517. The molecule has 1 unspecified atom stereocenters. The number of benzene rings is 1. The number of phenolic OH excluding ortho intramolecular Hbond substituents is 1. The van der Waals surface area contributed by atoms with Gasteiger partial charge in [-0.3, -0.25) is 9.88 Å². The van der Waals surface area contributed by atoms with Crippen molar-refractivity contribution in [2.75, 3.05) is 37.7 Å². The minimum Gasteiger partial charge on any atom is -0.508 e. The van der Waals surface area contributed by atoms with E-state index in [1.54, 1.807) is 6.20 Å². The van der Waals surface area contributed by atoms with E-state index in [1.165, 1.54) is 12.1 Å². The number of rotatable bonds is 3. The van der Waals surface area contributed by atoms with Crippen LogP contribution in [0.25, 0.3) is 22.2 Å². The van der Waals surface area contributed by atoms with Crippen LogP contribution in [0.1, 0.15) is 68.8 Å². The smallest absolute Gasteiger partial charge is 0.319 e. The highest BCUT2D eigenvalue weighted by atomic mass is 35.5. The maximum Gasteiger partial charge on any atom is 0.319 e. The molecule has 3 saturated heterocycles. The fourth-order valence-corrected chi connectivity index (χ4v) is 8.28. The van der Waals surface area contributed by atoms with Gasteiger partial charge in [0.25, 0.3) is 0 Å². The van der Waals surface area contributed by atoms with E-state index in [2.05, 4.69) is 24.8 Å². The molecule has 1 aromatic carbocycles. The molecule has 3 atom stereocenters. The standard InChI is InChI=1S/C33H37ClF2N8O2/c34-26-13-22(45)12-24-23(26)7-2-1-3-8-27-38-19-44(41-27)21-6-4-10-42(17-21)31-25-15-37-29(24)28(36)30(25)39-32(40-31)46-18-33-9-5-11-43(33)16-20(35)14-33/h12-13,15,19-21,45H,1-11,14,16-18H2/t20-,21?,33+/m1/s1. The van der Waals surface area contributed by atoms with Crippen LogP contribution in [0, 0.1) is 5.82 Å². The molecule has 0 aliphatic carbocycles. The highest BCUT2D eigenvalue weighted by Crippen LogP contribution is 2.42. The highest BCUT2D eigenvalue weighted by Gasteiger charge is 2.49. The van der Waals surface area contributed by atoms with Gasteiger partial charge in [-0.15, -0.1) is 0 Å². The maximum absolute atomic E-state index is 16.8. The maximum atomic E-state index is 16.8. The lowest BCUT2D eigenvalue weighted by Crippen LogP contribution is -2.43. The molecule has 0 spiro atoms. The number of aromatic hydroxyl groups is 1. The van der Waals surface area contributed by atoms with Crippen molar-refractivity contribution in [2.45, 2.75) is 82.0 Å². The Morgan fingerprint density at radius 1 is 1.04 bits per heavy atom. The zero-order valence-corrected chi connectivity index (χ0v) is 26.4. The summed E-state index contributed by atoms with van der Waals surface area (Å²) in [5.41, 5.74) is 0.904. The van der Waals surface area contributed by atoms with Crippen molar-refractivity contribution in [3.05, 3.63) is 46.9 Å². The first-order valence-electron chi connectivity index (χ1n) is 16.4. The Balaban J connectivity index is 1.26. The Bertz CT molecular complexity index is 1790. The van der Waals surface area contributed by atoms with Crippen LogP contribution in [-0.2, 0) is 12.8 Å². The summed E-state index contributed by atoms with van der Waals surface area (Å²) in [6.45, 7) is 2.79. The van der Waals surface area contributed by atoms with E-state index in [1.807, 2.05) is 11.0 Å². The van der Waals surface area contributed by atoms with Crippen LogP contribution in [0.3, 0.4) is 0 Å². The van der Waals surface area contributed by atoms with Gasteiger partial charge in [-0.2, -0.15) is 15.1 Å². The van der Waals surface area contributed by atoms with Crippen LogP contribution < -0.4 is 9.64 Å². The molecule has 3 aromatic heterocycles. The fraction of sp³-hybridized carbons (Fsp3) is 0.545. The van der Waals surface area contributed by atoms with Gasteiger partial charge in [-0.25, -0.2) is 18.4 Å². The van der Waals surface area contributed by atoms with E-state index in [9.17, 15) is 9.50 Å². The SMILES string of the molecule is Oc1cc(Cl)c2c(c1)-c1ncc3c(nc(OC[C@@]45CCCN4C[C@H](F)C5)nc3c1F)N1CCCC(C1)n1cnc(n1)CCCCC2. The molecule has 3 fully saturated rings. The number of nitrogens with zero attached hydrogens (tertiary/aromatic N) is 8. The number of anilines is 1. The molecule has 46 heavy (non-hydrogen) atoms. The first-order chi connectivity index (χ1) is 22.4. The second-order valence-corrected chi connectivity index (χ2v) is 13.7. The molecule has 10 nitrogen and oxygen atoms in total. The number of halogens is 3. The molecular weight excluding hydrogens is 614 g/mol. The predicted molar refractivity (Wildman–Crippen MR) is 170 cm³/mol. The molecule has 0 saturated carbocycles. The summed E-state index contributed by atoms with van der Waals surface area (Å²) in [5, 5.41) is 16.1. The van der Waals surface area contributed by atoms with Crippen LogP contribution in [0.5, 0.6) is 11.8 Å². The van der Waals surface area contributed by atoms with Gasteiger partial charge in [0.1, 0.15) is 41.9 Å². The van der Waals surface area contributed by atoms with E-state index >= 15 is 4.39 Å². The number of pyridine rings is 1. The van der Waals surface area contributed by atoms with Crippen molar-refractivity contribution >= 4 is 28.3 Å². The first kappa shape index (κ1) is 29.7. The molecule has 8 bridgehead atoms. The van der Waals surface area contributed by atoms with Crippen molar-refractivity contribution < 1.29 is 18.6 Å². The molecular formula is C33H37ClF2N8O2. The van der Waals surface area contributed by atoms with Gasteiger partial charge in [0.05, 0.1) is 17.0 Å². The van der Waals surface area contributed by atoms with Gasteiger partial charge in [0.2, 0.25) is 0 Å². The zero-order chi connectivity index (χ0) is 31.4. The summed E-state index contributed by atoms with van der Waals surface area (Å²) in [6, 6.07) is 3.13. The van der Waals surface area contributed by atoms with Gasteiger partial charge in [-0.05, 0) is 69.2 Å². The molecule has 9 rings (SSSR count).